The van der Waals surface area contributed by atoms with Crippen LogP contribution in [0.4, 0.5) is 28.0 Å². The number of amides is 1. The number of rotatable bonds is 4. The van der Waals surface area contributed by atoms with Crippen LogP contribution in [0.15, 0.2) is 0 Å². The first-order valence-corrected chi connectivity index (χ1v) is 4.29. The van der Waals surface area contributed by atoms with E-state index in [1.165, 1.54) is 0 Å². The Morgan fingerprint density at radius 1 is 1.24 bits per heavy atom. The van der Waals surface area contributed by atoms with Crippen molar-refractivity contribution in [2.24, 2.45) is 5.73 Å². The van der Waals surface area contributed by atoms with E-state index in [1.54, 1.807) is 0 Å². The average molecular weight is 253 g/mol. The third kappa shape index (κ3) is 3.20. The first-order chi connectivity index (χ1) is 7.93. The van der Waals surface area contributed by atoms with E-state index >= 15 is 0 Å². The van der Waals surface area contributed by atoms with Crippen LogP contribution in [0.3, 0.4) is 0 Å². The third-order valence-corrected chi connectivity index (χ3v) is 1.65. The van der Waals surface area contributed by atoms with Gasteiger partial charge in [-0.1, -0.05) is 0 Å². The first-order valence-electron chi connectivity index (χ1n) is 4.29. The number of ether oxygens (including phenoxy) is 1. The summed E-state index contributed by atoms with van der Waals surface area (Å²) in [5, 5.41) is 2.02. The van der Waals surface area contributed by atoms with E-state index < -0.39 is 35.3 Å². The number of aromatic nitrogens is 1. The molecule has 0 aliphatic heterocycles. The SMILES string of the molecule is NC(=O)OCCNc1c(F)c(F)nc(F)c1F. The number of carbonyl (C=O) groups excluding carboxylic acids is 1. The van der Waals surface area contributed by atoms with Crippen molar-refractivity contribution in [2.45, 2.75) is 0 Å². The number of hydrogen-bond donors (Lipinski definition) is 2. The number of hydrogen-bond acceptors (Lipinski definition) is 4. The van der Waals surface area contributed by atoms with Crippen molar-refractivity contribution in [3.8, 4) is 0 Å². The predicted molar refractivity (Wildman–Crippen MR) is 48.1 cm³/mol. The number of nitrogens with two attached hydrogens (primary N) is 1. The largest absolute Gasteiger partial charge is 0.448 e. The van der Waals surface area contributed by atoms with Crippen molar-refractivity contribution in [1.82, 2.24) is 4.98 Å². The summed E-state index contributed by atoms with van der Waals surface area (Å²) in [4.78, 5) is 12.5. The summed E-state index contributed by atoms with van der Waals surface area (Å²) in [5.41, 5.74) is 3.59. The molecule has 1 aromatic rings. The molecule has 9 heteroatoms. The minimum Gasteiger partial charge on any atom is -0.448 e. The van der Waals surface area contributed by atoms with Gasteiger partial charge in [-0.3, -0.25) is 0 Å². The normalized spacial score (nSPS) is 10.1. The van der Waals surface area contributed by atoms with Crippen molar-refractivity contribution in [3.63, 3.8) is 0 Å². The van der Waals surface area contributed by atoms with E-state index in [2.05, 4.69) is 15.5 Å². The average Bonchev–Trinajstić information content (AvgIpc) is 2.25. The minimum absolute atomic E-state index is 0.278. The fraction of sp³-hybridized carbons (Fsp3) is 0.250. The summed E-state index contributed by atoms with van der Waals surface area (Å²) in [5.74, 6) is -6.88. The second-order valence-electron chi connectivity index (χ2n) is 2.79. The summed E-state index contributed by atoms with van der Waals surface area (Å²) >= 11 is 0. The van der Waals surface area contributed by atoms with Gasteiger partial charge in [0, 0.05) is 6.54 Å². The van der Waals surface area contributed by atoms with Gasteiger partial charge in [-0.25, -0.2) is 4.79 Å². The van der Waals surface area contributed by atoms with E-state index in [4.69, 9.17) is 0 Å². The Balaban J connectivity index is 2.73. The molecule has 1 heterocycles. The van der Waals surface area contributed by atoms with Crippen LogP contribution in [0.1, 0.15) is 0 Å². The number of primary amides is 1. The predicted octanol–water partition coefficient (Wildman–Crippen LogP) is 1.15. The van der Waals surface area contributed by atoms with Gasteiger partial charge >= 0.3 is 6.09 Å². The fourth-order valence-electron chi connectivity index (χ4n) is 0.970. The molecule has 0 aliphatic rings. The Morgan fingerprint density at radius 3 is 2.24 bits per heavy atom. The lowest BCUT2D eigenvalue weighted by Crippen LogP contribution is -2.19. The number of anilines is 1. The summed E-state index contributed by atoms with van der Waals surface area (Å²) in [6, 6.07) is 0. The van der Waals surface area contributed by atoms with Gasteiger partial charge in [0.05, 0.1) is 0 Å². The monoisotopic (exact) mass is 253 g/mol. The molecule has 0 saturated heterocycles. The molecule has 0 atom stereocenters. The smallest absolute Gasteiger partial charge is 0.404 e. The number of nitrogens with one attached hydrogen (secondary N) is 1. The number of nitrogens with zero attached hydrogens (tertiary/aromatic N) is 1. The van der Waals surface area contributed by atoms with Crippen LogP contribution in [0.2, 0.25) is 0 Å². The minimum atomic E-state index is -1.78. The van der Waals surface area contributed by atoms with Crippen LogP contribution in [0.5, 0.6) is 0 Å². The highest BCUT2D eigenvalue weighted by Crippen LogP contribution is 2.21. The van der Waals surface area contributed by atoms with E-state index in [0.29, 0.717) is 0 Å². The lowest BCUT2D eigenvalue weighted by Gasteiger charge is -2.08. The van der Waals surface area contributed by atoms with Crippen LogP contribution >= 0.6 is 0 Å². The first kappa shape index (κ1) is 13.0. The zero-order valence-corrected chi connectivity index (χ0v) is 8.27. The molecule has 0 aliphatic carbocycles. The molecule has 1 rings (SSSR count). The van der Waals surface area contributed by atoms with Gasteiger partial charge in [-0.2, -0.15) is 22.5 Å². The molecule has 1 aromatic heterocycles. The second kappa shape index (κ2) is 5.32. The Bertz CT molecular complexity index is 415. The maximum absolute atomic E-state index is 13.0. The van der Waals surface area contributed by atoms with Crippen LogP contribution in [0, 0.1) is 23.5 Å². The summed E-state index contributed by atoms with van der Waals surface area (Å²) in [7, 11) is 0. The van der Waals surface area contributed by atoms with Crippen LogP contribution in [0.25, 0.3) is 0 Å². The van der Waals surface area contributed by atoms with Crippen molar-refractivity contribution in [1.29, 1.82) is 0 Å². The third-order valence-electron chi connectivity index (χ3n) is 1.65. The molecule has 0 unspecified atom stereocenters. The Morgan fingerprint density at radius 2 is 1.76 bits per heavy atom. The zero-order valence-electron chi connectivity index (χ0n) is 8.27. The van der Waals surface area contributed by atoms with E-state index in [9.17, 15) is 22.4 Å². The van der Waals surface area contributed by atoms with Gasteiger partial charge in [0.25, 0.3) is 11.9 Å². The van der Waals surface area contributed by atoms with Crippen LogP contribution in [-0.2, 0) is 4.74 Å². The fourth-order valence-corrected chi connectivity index (χ4v) is 0.970. The number of halogens is 4. The summed E-state index contributed by atoms with van der Waals surface area (Å²) in [6.45, 7) is -0.598. The molecule has 0 spiro atoms. The molecule has 3 N–H and O–H groups in total. The van der Waals surface area contributed by atoms with Crippen LogP contribution < -0.4 is 11.1 Å². The van der Waals surface area contributed by atoms with E-state index in [-0.39, 0.29) is 13.2 Å². The molecule has 0 fully saturated rings. The Hall–Kier alpha value is -2.06. The highest BCUT2D eigenvalue weighted by Gasteiger charge is 2.20. The van der Waals surface area contributed by atoms with E-state index in [1.807, 2.05) is 5.32 Å². The quantitative estimate of drug-likeness (QED) is 0.479. The van der Waals surface area contributed by atoms with Crippen molar-refractivity contribution >= 4 is 11.8 Å². The molecule has 94 valence electrons. The zero-order chi connectivity index (χ0) is 13.0. The molecular weight excluding hydrogens is 246 g/mol. The second-order valence-corrected chi connectivity index (χ2v) is 2.79. The standard InChI is InChI=1S/C8H7F4N3O2/c9-3-5(14-1-2-17-8(13)16)4(10)7(12)15-6(3)11/h1-2H2,(H2,13,16)(H,14,15). The molecule has 0 aromatic carbocycles. The number of pyridine rings is 1. The number of carbonyl (C=O) groups is 1. The van der Waals surface area contributed by atoms with Gasteiger partial charge in [0.1, 0.15) is 12.3 Å². The molecule has 0 saturated carbocycles. The molecular formula is C8H7F4N3O2. The highest BCUT2D eigenvalue weighted by molar-refractivity contribution is 5.64. The van der Waals surface area contributed by atoms with Gasteiger partial charge in [-0.05, 0) is 0 Å². The molecule has 1 amide bonds. The lowest BCUT2D eigenvalue weighted by molar-refractivity contribution is 0.161. The van der Waals surface area contributed by atoms with Crippen LogP contribution in [-0.4, -0.2) is 24.2 Å². The maximum atomic E-state index is 13.0. The van der Waals surface area contributed by atoms with Crippen molar-refractivity contribution < 1.29 is 27.1 Å². The van der Waals surface area contributed by atoms with Gasteiger partial charge in [-0.15, -0.1) is 0 Å². The van der Waals surface area contributed by atoms with Crippen molar-refractivity contribution in [3.05, 3.63) is 23.5 Å². The summed E-state index contributed by atoms with van der Waals surface area (Å²) < 4.78 is 55.4. The molecule has 17 heavy (non-hydrogen) atoms. The summed E-state index contributed by atoms with van der Waals surface area (Å²) in [6.07, 6.45) is -1.08. The van der Waals surface area contributed by atoms with Gasteiger partial charge < -0.3 is 15.8 Å². The van der Waals surface area contributed by atoms with E-state index in [0.717, 1.165) is 0 Å². The van der Waals surface area contributed by atoms with Crippen molar-refractivity contribution in [2.75, 3.05) is 18.5 Å². The Kier molecular flexibility index (Phi) is 4.07. The van der Waals surface area contributed by atoms with Gasteiger partial charge in [0.2, 0.25) is 11.6 Å². The topological polar surface area (TPSA) is 77.2 Å². The lowest BCUT2D eigenvalue weighted by atomic mass is 10.3. The van der Waals surface area contributed by atoms with Gasteiger partial charge in [0.15, 0.2) is 0 Å². The Labute approximate surface area is 92.6 Å². The maximum Gasteiger partial charge on any atom is 0.404 e. The highest BCUT2D eigenvalue weighted by atomic mass is 19.2. The molecule has 5 nitrogen and oxygen atoms in total. The molecule has 0 bridgehead atoms. The molecule has 0 radical (unpaired) electrons.